The Bertz CT molecular complexity index is 565. The third-order valence-electron chi connectivity index (χ3n) is 2.87. The number of hydrogen-bond acceptors (Lipinski definition) is 3. The van der Waals surface area contributed by atoms with Crippen LogP contribution in [0.15, 0.2) is 48.5 Å². The third-order valence-corrected chi connectivity index (χ3v) is 2.87. The maximum atomic E-state index is 10.9. The highest BCUT2D eigenvalue weighted by Crippen LogP contribution is 2.27. The quantitative estimate of drug-likeness (QED) is 0.641. The van der Waals surface area contributed by atoms with E-state index in [4.69, 9.17) is 0 Å². The number of nitrogens with zero attached hydrogens (tertiary/aromatic N) is 1. The van der Waals surface area contributed by atoms with Gasteiger partial charge in [-0.3, -0.25) is 10.1 Å². The van der Waals surface area contributed by atoms with E-state index in [-0.39, 0.29) is 10.6 Å². The molecule has 0 aliphatic rings. The zero-order valence-corrected chi connectivity index (χ0v) is 10.8. The largest absolute Gasteiger partial charge is 0.350 e. The first kappa shape index (κ1) is 13.1. The van der Waals surface area contributed by atoms with E-state index in [9.17, 15) is 10.1 Å². The Kier molecular flexibility index (Phi) is 4.13. The van der Waals surface area contributed by atoms with Crippen LogP contribution in [0.2, 0.25) is 0 Å². The summed E-state index contributed by atoms with van der Waals surface area (Å²) in [6.07, 6.45) is 2.16. The van der Waals surface area contributed by atoms with Gasteiger partial charge in [0.05, 0.1) is 4.92 Å². The molecule has 0 aliphatic heterocycles. The molecule has 0 heterocycles. The second kappa shape index (κ2) is 6.00. The van der Waals surface area contributed by atoms with E-state index in [0.29, 0.717) is 5.69 Å². The van der Waals surface area contributed by atoms with Crippen LogP contribution in [0.1, 0.15) is 18.9 Å². The van der Waals surface area contributed by atoms with E-state index in [2.05, 4.69) is 12.2 Å². The summed E-state index contributed by atoms with van der Waals surface area (Å²) in [5.74, 6) is 0. The Morgan fingerprint density at radius 2 is 1.79 bits per heavy atom. The van der Waals surface area contributed by atoms with E-state index in [0.717, 1.165) is 18.5 Å². The zero-order valence-electron chi connectivity index (χ0n) is 10.8. The van der Waals surface area contributed by atoms with Gasteiger partial charge < -0.3 is 5.32 Å². The first-order valence-corrected chi connectivity index (χ1v) is 6.30. The van der Waals surface area contributed by atoms with E-state index in [1.165, 1.54) is 11.6 Å². The summed E-state index contributed by atoms with van der Waals surface area (Å²) >= 11 is 0. The topological polar surface area (TPSA) is 55.2 Å². The van der Waals surface area contributed by atoms with Crippen LogP contribution in [0.25, 0.3) is 0 Å². The smallest absolute Gasteiger partial charge is 0.292 e. The molecule has 0 fully saturated rings. The monoisotopic (exact) mass is 256 g/mol. The van der Waals surface area contributed by atoms with Crippen molar-refractivity contribution in [1.82, 2.24) is 0 Å². The van der Waals surface area contributed by atoms with Crippen LogP contribution >= 0.6 is 0 Å². The van der Waals surface area contributed by atoms with Crippen LogP contribution in [0.3, 0.4) is 0 Å². The van der Waals surface area contributed by atoms with Crippen LogP contribution in [-0.4, -0.2) is 4.92 Å². The SMILES string of the molecule is CCCc1ccc(Nc2ccccc2[N+](=O)[O-])cc1. The molecule has 0 radical (unpaired) electrons. The Hall–Kier alpha value is -2.36. The summed E-state index contributed by atoms with van der Waals surface area (Å²) in [4.78, 5) is 10.5. The van der Waals surface area contributed by atoms with Gasteiger partial charge in [0, 0.05) is 11.8 Å². The predicted molar refractivity (Wildman–Crippen MR) is 76.8 cm³/mol. The average Bonchev–Trinajstić information content (AvgIpc) is 2.42. The fourth-order valence-electron chi connectivity index (χ4n) is 1.94. The van der Waals surface area contributed by atoms with Gasteiger partial charge in [0.1, 0.15) is 5.69 Å². The molecular weight excluding hydrogens is 240 g/mol. The second-order valence-electron chi connectivity index (χ2n) is 4.35. The number of nitro groups is 1. The molecule has 0 aliphatic carbocycles. The Morgan fingerprint density at radius 3 is 2.42 bits per heavy atom. The van der Waals surface area contributed by atoms with Crippen LogP contribution < -0.4 is 5.32 Å². The lowest BCUT2D eigenvalue weighted by Gasteiger charge is -2.07. The Labute approximate surface area is 112 Å². The van der Waals surface area contributed by atoms with Gasteiger partial charge in [-0.2, -0.15) is 0 Å². The van der Waals surface area contributed by atoms with Crippen LogP contribution in [-0.2, 0) is 6.42 Å². The number of aryl methyl sites for hydroxylation is 1. The molecule has 4 nitrogen and oxygen atoms in total. The van der Waals surface area contributed by atoms with E-state index in [1.54, 1.807) is 18.2 Å². The highest BCUT2D eigenvalue weighted by Gasteiger charge is 2.11. The molecule has 0 atom stereocenters. The van der Waals surface area contributed by atoms with Crippen molar-refractivity contribution in [2.24, 2.45) is 0 Å². The van der Waals surface area contributed by atoms with Crippen molar-refractivity contribution < 1.29 is 4.92 Å². The van der Waals surface area contributed by atoms with Crippen molar-refractivity contribution >= 4 is 17.1 Å². The van der Waals surface area contributed by atoms with Crippen molar-refractivity contribution in [3.63, 3.8) is 0 Å². The molecule has 0 aromatic heterocycles. The standard InChI is InChI=1S/C15H16N2O2/c1-2-5-12-8-10-13(11-9-12)16-14-6-3-4-7-15(14)17(18)19/h3-4,6-11,16H,2,5H2,1H3. The predicted octanol–water partition coefficient (Wildman–Crippen LogP) is 4.29. The van der Waals surface area contributed by atoms with Crippen LogP contribution in [0.4, 0.5) is 17.1 Å². The normalized spacial score (nSPS) is 10.2. The number of rotatable bonds is 5. The van der Waals surface area contributed by atoms with Gasteiger partial charge in [0.25, 0.3) is 5.69 Å². The van der Waals surface area contributed by atoms with Crippen molar-refractivity contribution in [3.05, 3.63) is 64.2 Å². The molecule has 0 spiro atoms. The van der Waals surface area contributed by atoms with E-state index >= 15 is 0 Å². The van der Waals surface area contributed by atoms with Crippen LogP contribution in [0, 0.1) is 10.1 Å². The van der Waals surface area contributed by atoms with Gasteiger partial charge >= 0.3 is 0 Å². The van der Waals surface area contributed by atoms with Crippen molar-refractivity contribution in [1.29, 1.82) is 0 Å². The second-order valence-corrected chi connectivity index (χ2v) is 4.35. The summed E-state index contributed by atoms with van der Waals surface area (Å²) in [7, 11) is 0. The molecule has 98 valence electrons. The van der Waals surface area contributed by atoms with Crippen molar-refractivity contribution in [2.75, 3.05) is 5.32 Å². The zero-order chi connectivity index (χ0) is 13.7. The molecule has 0 bridgehead atoms. The Balaban J connectivity index is 2.19. The summed E-state index contributed by atoms with van der Waals surface area (Å²) < 4.78 is 0. The van der Waals surface area contributed by atoms with E-state index < -0.39 is 0 Å². The molecule has 1 N–H and O–H groups in total. The number of nitrogens with one attached hydrogen (secondary N) is 1. The van der Waals surface area contributed by atoms with Crippen molar-refractivity contribution in [2.45, 2.75) is 19.8 Å². The maximum Gasteiger partial charge on any atom is 0.292 e. The summed E-state index contributed by atoms with van der Waals surface area (Å²) in [5.41, 5.74) is 2.72. The van der Waals surface area contributed by atoms with Gasteiger partial charge in [-0.05, 0) is 30.2 Å². The minimum Gasteiger partial charge on any atom is -0.350 e. The molecular formula is C15H16N2O2. The minimum atomic E-state index is -0.381. The first-order valence-electron chi connectivity index (χ1n) is 6.30. The number of hydrogen-bond donors (Lipinski definition) is 1. The lowest BCUT2D eigenvalue weighted by Crippen LogP contribution is -1.96. The molecule has 0 saturated heterocycles. The van der Waals surface area contributed by atoms with Gasteiger partial charge in [-0.25, -0.2) is 0 Å². The first-order chi connectivity index (χ1) is 9.20. The maximum absolute atomic E-state index is 10.9. The molecule has 0 amide bonds. The molecule has 19 heavy (non-hydrogen) atoms. The van der Waals surface area contributed by atoms with Gasteiger partial charge in [-0.15, -0.1) is 0 Å². The van der Waals surface area contributed by atoms with Crippen molar-refractivity contribution in [3.8, 4) is 0 Å². The van der Waals surface area contributed by atoms with E-state index in [1.807, 2.05) is 24.3 Å². The highest BCUT2D eigenvalue weighted by atomic mass is 16.6. The molecule has 2 aromatic rings. The summed E-state index contributed by atoms with van der Waals surface area (Å²) in [6.45, 7) is 2.14. The molecule has 0 unspecified atom stereocenters. The van der Waals surface area contributed by atoms with Gasteiger partial charge in [0.2, 0.25) is 0 Å². The Morgan fingerprint density at radius 1 is 1.11 bits per heavy atom. The molecule has 2 aromatic carbocycles. The number of nitro benzene ring substituents is 1. The molecule has 2 rings (SSSR count). The summed E-state index contributed by atoms with van der Waals surface area (Å²) in [5, 5.41) is 14.0. The number of benzene rings is 2. The van der Waals surface area contributed by atoms with Crippen LogP contribution in [0.5, 0.6) is 0 Å². The lowest BCUT2D eigenvalue weighted by atomic mass is 10.1. The summed E-state index contributed by atoms with van der Waals surface area (Å²) in [6, 6.07) is 14.6. The lowest BCUT2D eigenvalue weighted by molar-refractivity contribution is -0.383. The fraction of sp³-hybridized carbons (Fsp3) is 0.200. The molecule has 4 heteroatoms. The molecule has 0 saturated carbocycles. The number of para-hydroxylation sites is 2. The third kappa shape index (κ3) is 3.31. The van der Waals surface area contributed by atoms with Gasteiger partial charge in [-0.1, -0.05) is 37.6 Å². The number of anilines is 2. The minimum absolute atomic E-state index is 0.0835. The van der Waals surface area contributed by atoms with Gasteiger partial charge in [0.15, 0.2) is 0 Å². The fourth-order valence-corrected chi connectivity index (χ4v) is 1.94. The highest BCUT2D eigenvalue weighted by molar-refractivity contribution is 5.69. The average molecular weight is 256 g/mol.